The zero-order valence-electron chi connectivity index (χ0n) is 10.3. The second-order valence-electron chi connectivity index (χ2n) is 5.33. The average molecular weight is 210 g/mol. The maximum absolute atomic E-state index is 3.66. The van der Waals surface area contributed by atoms with Crippen molar-refractivity contribution in [2.45, 2.75) is 70.5 Å². The third-order valence-electron chi connectivity index (χ3n) is 3.99. The van der Waals surface area contributed by atoms with Crippen LogP contribution in [-0.4, -0.2) is 36.1 Å². The highest BCUT2D eigenvalue weighted by atomic mass is 15.2. The van der Waals surface area contributed by atoms with Gasteiger partial charge in [0.25, 0.3) is 0 Å². The lowest BCUT2D eigenvalue weighted by molar-refractivity contribution is 0.0991. The lowest BCUT2D eigenvalue weighted by Crippen LogP contribution is -2.48. The van der Waals surface area contributed by atoms with Gasteiger partial charge in [-0.25, -0.2) is 0 Å². The van der Waals surface area contributed by atoms with Crippen molar-refractivity contribution in [2.24, 2.45) is 0 Å². The van der Waals surface area contributed by atoms with Gasteiger partial charge in [-0.05, 0) is 45.6 Å². The van der Waals surface area contributed by atoms with E-state index >= 15 is 0 Å². The third kappa shape index (κ3) is 3.18. The van der Waals surface area contributed by atoms with Crippen LogP contribution in [0.25, 0.3) is 0 Å². The molecule has 2 atom stereocenters. The maximum Gasteiger partial charge on any atom is 0.0195 e. The van der Waals surface area contributed by atoms with Crippen LogP contribution in [0.4, 0.5) is 0 Å². The van der Waals surface area contributed by atoms with Gasteiger partial charge in [0.05, 0.1) is 0 Å². The second-order valence-corrected chi connectivity index (χ2v) is 5.33. The van der Waals surface area contributed by atoms with Gasteiger partial charge in [0.2, 0.25) is 0 Å². The Labute approximate surface area is 94.4 Å². The Bertz CT molecular complexity index is 189. The van der Waals surface area contributed by atoms with Crippen LogP contribution >= 0.6 is 0 Å². The Morgan fingerprint density at radius 1 is 1.27 bits per heavy atom. The second kappa shape index (κ2) is 5.31. The Morgan fingerprint density at radius 2 is 2.07 bits per heavy atom. The van der Waals surface area contributed by atoms with Crippen molar-refractivity contribution in [1.29, 1.82) is 0 Å². The van der Waals surface area contributed by atoms with E-state index in [-0.39, 0.29) is 0 Å². The van der Waals surface area contributed by atoms with E-state index in [2.05, 4.69) is 24.1 Å². The molecule has 1 saturated carbocycles. The predicted molar refractivity (Wildman–Crippen MR) is 65.1 cm³/mol. The van der Waals surface area contributed by atoms with E-state index in [1.807, 2.05) is 0 Å². The summed E-state index contributed by atoms with van der Waals surface area (Å²) in [5.74, 6) is 0. The predicted octanol–water partition coefficient (Wildman–Crippen LogP) is 2.39. The summed E-state index contributed by atoms with van der Waals surface area (Å²) in [5, 5.41) is 3.66. The minimum absolute atomic E-state index is 0.732. The number of rotatable bonds is 5. The largest absolute Gasteiger partial charge is 0.312 e. The number of hydrogen-bond donors (Lipinski definition) is 1. The quantitative estimate of drug-likeness (QED) is 0.749. The molecule has 2 unspecified atom stereocenters. The summed E-state index contributed by atoms with van der Waals surface area (Å²) in [6.07, 6.45) is 8.41. The van der Waals surface area contributed by atoms with Crippen molar-refractivity contribution in [3.8, 4) is 0 Å². The minimum Gasteiger partial charge on any atom is -0.312 e. The summed E-state index contributed by atoms with van der Waals surface area (Å²) in [6.45, 7) is 7.25. The molecule has 15 heavy (non-hydrogen) atoms. The van der Waals surface area contributed by atoms with Gasteiger partial charge in [-0.1, -0.05) is 13.3 Å². The Balaban J connectivity index is 1.76. The number of nitrogens with one attached hydrogen (secondary N) is 1. The third-order valence-corrected chi connectivity index (χ3v) is 3.99. The fourth-order valence-electron chi connectivity index (χ4n) is 2.78. The Kier molecular flexibility index (Phi) is 4.04. The number of piperidine rings is 1. The minimum atomic E-state index is 0.732. The first-order chi connectivity index (χ1) is 7.31. The van der Waals surface area contributed by atoms with Gasteiger partial charge in [-0.2, -0.15) is 0 Å². The highest BCUT2D eigenvalue weighted by molar-refractivity contribution is 4.85. The summed E-state index contributed by atoms with van der Waals surface area (Å²) in [6, 6.07) is 2.45. The van der Waals surface area contributed by atoms with Crippen LogP contribution in [0.15, 0.2) is 0 Å². The molecule has 0 amide bonds. The highest BCUT2D eigenvalue weighted by Gasteiger charge is 2.27. The first-order valence-electron chi connectivity index (χ1n) is 6.80. The molecule has 2 heteroatoms. The van der Waals surface area contributed by atoms with E-state index in [9.17, 15) is 0 Å². The number of nitrogens with zero attached hydrogens (tertiary/aromatic N) is 1. The molecule has 2 fully saturated rings. The molecule has 2 aliphatic rings. The molecule has 1 aliphatic carbocycles. The van der Waals surface area contributed by atoms with E-state index < -0.39 is 0 Å². The molecule has 1 N–H and O–H groups in total. The van der Waals surface area contributed by atoms with Crippen LogP contribution in [0.5, 0.6) is 0 Å². The van der Waals surface area contributed by atoms with Crippen molar-refractivity contribution in [3.63, 3.8) is 0 Å². The van der Waals surface area contributed by atoms with Crippen LogP contribution in [-0.2, 0) is 0 Å². The van der Waals surface area contributed by atoms with Crippen molar-refractivity contribution in [1.82, 2.24) is 10.2 Å². The summed E-state index contributed by atoms with van der Waals surface area (Å²) < 4.78 is 0. The van der Waals surface area contributed by atoms with Crippen molar-refractivity contribution < 1.29 is 0 Å². The lowest BCUT2D eigenvalue weighted by Gasteiger charge is -2.39. The average Bonchev–Trinajstić information content (AvgIpc) is 3.09. The summed E-state index contributed by atoms with van der Waals surface area (Å²) >= 11 is 0. The first-order valence-corrected chi connectivity index (χ1v) is 6.80. The van der Waals surface area contributed by atoms with Gasteiger partial charge in [-0.15, -0.1) is 0 Å². The molecule has 1 saturated heterocycles. The molecule has 2 nitrogen and oxygen atoms in total. The Morgan fingerprint density at radius 3 is 2.73 bits per heavy atom. The smallest absolute Gasteiger partial charge is 0.0195 e. The van der Waals surface area contributed by atoms with Gasteiger partial charge in [0, 0.05) is 24.7 Å². The van der Waals surface area contributed by atoms with Crippen LogP contribution in [0, 0.1) is 0 Å². The Hall–Kier alpha value is -0.0800. The normalized spacial score (nSPS) is 30.4. The fourth-order valence-corrected chi connectivity index (χ4v) is 2.78. The van der Waals surface area contributed by atoms with Gasteiger partial charge < -0.3 is 5.32 Å². The zero-order chi connectivity index (χ0) is 10.7. The van der Waals surface area contributed by atoms with E-state index in [4.69, 9.17) is 0 Å². The molecule has 0 radical (unpaired) electrons. The molecule has 0 aromatic carbocycles. The SMILES string of the molecule is CCC1CCCCN1C(C)CNC1CC1. The summed E-state index contributed by atoms with van der Waals surface area (Å²) in [5.41, 5.74) is 0. The van der Waals surface area contributed by atoms with E-state index in [0.29, 0.717) is 0 Å². The summed E-state index contributed by atoms with van der Waals surface area (Å²) in [7, 11) is 0. The molecule has 0 aromatic heterocycles. The van der Waals surface area contributed by atoms with Crippen LogP contribution in [0.2, 0.25) is 0 Å². The molecule has 0 spiro atoms. The molecule has 1 heterocycles. The molecule has 1 aliphatic heterocycles. The van der Waals surface area contributed by atoms with Crippen LogP contribution in [0.3, 0.4) is 0 Å². The van der Waals surface area contributed by atoms with Crippen LogP contribution in [0.1, 0.15) is 52.4 Å². The molecule has 2 rings (SSSR count). The topological polar surface area (TPSA) is 15.3 Å². The zero-order valence-corrected chi connectivity index (χ0v) is 10.3. The van der Waals surface area contributed by atoms with Crippen LogP contribution < -0.4 is 5.32 Å². The number of likely N-dealkylation sites (tertiary alicyclic amines) is 1. The lowest BCUT2D eigenvalue weighted by atomic mass is 9.98. The molecule has 0 aromatic rings. The summed E-state index contributed by atoms with van der Waals surface area (Å²) in [4.78, 5) is 2.74. The van der Waals surface area contributed by atoms with E-state index in [1.165, 1.54) is 51.6 Å². The van der Waals surface area contributed by atoms with Crippen molar-refractivity contribution in [2.75, 3.05) is 13.1 Å². The molecule has 0 bridgehead atoms. The molecule has 88 valence electrons. The standard InChI is InChI=1S/C13H26N2/c1-3-13-6-4-5-9-15(13)11(2)10-14-12-7-8-12/h11-14H,3-10H2,1-2H3. The van der Waals surface area contributed by atoms with Gasteiger partial charge in [-0.3, -0.25) is 4.90 Å². The molecular formula is C13H26N2. The monoisotopic (exact) mass is 210 g/mol. The van der Waals surface area contributed by atoms with E-state index in [0.717, 1.165) is 18.1 Å². The van der Waals surface area contributed by atoms with Gasteiger partial charge in [0.15, 0.2) is 0 Å². The van der Waals surface area contributed by atoms with Crippen molar-refractivity contribution >= 4 is 0 Å². The highest BCUT2D eigenvalue weighted by Crippen LogP contribution is 2.23. The number of hydrogen-bond acceptors (Lipinski definition) is 2. The van der Waals surface area contributed by atoms with Gasteiger partial charge in [0.1, 0.15) is 0 Å². The molecular weight excluding hydrogens is 184 g/mol. The van der Waals surface area contributed by atoms with E-state index in [1.54, 1.807) is 0 Å². The van der Waals surface area contributed by atoms with Crippen molar-refractivity contribution in [3.05, 3.63) is 0 Å². The fraction of sp³-hybridized carbons (Fsp3) is 1.00. The maximum atomic E-state index is 3.66. The first kappa shape index (κ1) is 11.4. The van der Waals surface area contributed by atoms with Gasteiger partial charge >= 0.3 is 0 Å².